The molecule has 0 aromatic heterocycles. The average molecular weight is 259 g/mol. The summed E-state index contributed by atoms with van der Waals surface area (Å²) in [6.45, 7) is 1.70. The standard InChI is InChI=1S/C10H13NO7/c1-2-16-9(13)8(11(14)15)5-3-6(12)10-17-4-7(5)18-10/h5,7-8,10H,2-4H2,1H3/t5-,7+,8?,10+/m0/s1. The van der Waals surface area contributed by atoms with Gasteiger partial charge < -0.3 is 14.2 Å². The van der Waals surface area contributed by atoms with Crippen LogP contribution in [0.3, 0.4) is 0 Å². The van der Waals surface area contributed by atoms with E-state index in [1.54, 1.807) is 6.92 Å². The Morgan fingerprint density at radius 2 is 2.39 bits per heavy atom. The zero-order chi connectivity index (χ0) is 13.3. The topological polar surface area (TPSA) is 105 Å². The number of Topliss-reactive ketones (excluding diaryl/α,β-unsaturated/α-hetero) is 1. The molecule has 2 saturated heterocycles. The Kier molecular flexibility index (Phi) is 3.58. The second kappa shape index (κ2) is 4.99. The Labute approximate surface area is 102 Å². The fraction of sp³-hybridized carbons (Fsp3) is 0.800. The number of ether oxygens (including phenoxy) is 3. The molecule has 8 nitrogen and oxygen atoms in total. The van der Waals surface area contributed by atoms with E-state index in [0.717, 1.165) is 0 Å². The molecule has 0 spiro atoms. The van der Waals surface area contributed by atoms with E-state index in [1.165, 1.54) is 0 Å². The molecule has 0 N–H and O–H groups in total. The molecule has 2 rings (SSSR count). The number of fused-ring (bicyclic) bond motifs is 2. The summed E-state index contributed by atoms with van der Waals surface area (Å²) < 4.78 is 14.9. The highest BCUT2D eigenvalue weighted by molar-refractivity contribution is 5.84. The summed E-state index contributed by atoms with van der Waals surface area (Å²) in [5, 5.41) is 11.0. The number of carbonyl (C=O) groups excluding carboxylic acids is 2. The summed E-state index contributed by atoms with van der Waals surface area (Å²) in [7, 11) is 0. The van der Waals surface area contributed by atoms with Crippen LogP contribution in [0.2, 0.25) is 0 Å². The molecule has 2 fully saturated rings. The summed E-state index contributed by atoms with van der Waals surface area (Å²) in [5.41, 5.74) is 0. The lowest BCUT2D eigenvalue weighted by Gasteiger charge is -2.27. The molecule has 100 valence electrons. The Morgan fingerprint density at radius 1 is 1.67 bits per heavy atom. The van der Waals surface area contributed by atoms with E-state index in [4.69, 9.17) is 9.47 Å². The minimum Gasteiger partial charge on any atom is -0.461 e. The van der Waals surface area contributed by atoms with Gasteiger partial charge in [0.1, 0.15) is 0 Å². The molecule has 18 heavy (non-hydrogen) atoms. The molecule has 2 heterocycles. The van der Waals surface area contributed by atoms with Gasteiger partial charge >= 0.3 is 12.0 Å². The van der Waals surface area contributed by atoms with Crippen molar-refractivity contribution in [3.63, 3.8) is 0 Å². The molecule has 2 aliphatic heterocycles. The van der Waals surface area contributed by atoms with Crippen LogP contribution in [0.25, 0.3) is 0 Å². The Balaban J connectivity index is 2.17. The van der Waals surface area contributed by atoms with E-state index in [0.29, 0.717) is 0 Å². The summed E-state index contributed by atoms with van der Waals surface area (Å²) in [4.78, 5) is 33.4. The quantitative estimate of drug-likeness (QED) is 0.381. The molecule has 2 aliphatic rings. The minimum absolute atomic E-state index is 0.0501. The molecule has 0 aromatic carbocycles. The van der Waals surface area contributed by atoms with Gasteiger partial charge in [0.2, 0.25) is 6.29 Å². The van der Waals surface area contributed by atoms with Gasteiger partial charge in [-0.2, -0.15) is 0 Å². The molecule has 0 aliphatic carbocycles. The third kappa shape index (κ3) is 2.21. The van der Waals surface area contributed by atoms with Crippen molar-refractivity contribution in [1.29, 1.82) is 0 Å². The molecule has 0 saturated carbocycles. The van der Waals surface area contributed by atoms with Gasteiger partial charge in [0.25, 0.3) is 0 Å². The maximum absolute atomic E-state index is 11.6. The lowest BCUT2D eigenvalue weighted by molar-refractivity contribution is -0.522. The predicted molar refractivity (Wildman–Crippen MR) is 55.1 cm³/mol. The number of esters is 1. The Bertz CT molecular complexity index is 382. The van der Waals surface area contributed by atoms with Crippen molar-refractivity contribution in [2.24, 2.45) is 5.92 Å². The third-order valence-electron chi connectivity index (χ3n) is 3.05. The number of nitrogens with zero attached hydrogens (tertiary/aromatic N) is 1. The van der Waals surface area contributed by atoms with E-state index in [2.05, 4.69) is 4.74 Å². The number of ketones is 1. The van der Waals surface area contributed by atoms with Crippen LogP contribution >= 0.6 is 0 Å². The Hall–Kier alpha value is -1.54. The van der Waals surface area contributed by atoms with Crippen LogP contribution in [0.5, 0.6) is 0 Å². The maximum Gasteiger partial charge on any atom is 0.382 e. The van der Waals surface area contributed by atoms with E-state index in [-0.39, 0.29) is 25.4 Å². The van der Waals surface area contributed by atoms with Gasteiger partial charge in [0, 0.05) is 11.3 Å². The normalized spacial score (nSPS) is 32.1. The average Bonchev–Trinajstić information content (AvgIpc) is 2.71. The predicted octanol–water partition coefficient (Wildman–Crippen LogP) is -0.475. The Morgan fingerprint density at radius 3 is 3.00 bits per heavy atom. The lowest BCUT2D eigenvalue weighted by atomic mass is 9.88. The van der Waals surface area contributed by atoms with Gasteiger partial charge in [-0.15, -0.1) is 0 Å². The van der Waals surface area contributed by atoms with Crippen molar-refractivity contribution in [3.05, 3.63) is 10.1 Å². The first-order valence-corrected chi connectivity index (χ1v) is 5.64. The van der Waals surface area contributed by atoms with E-state index in [1.807, 2.05) is 0 Å². The number of carbonyl (C=O) groups is 2. The number of hydrogen-bond donors (Lipinski definition) is 0. The van der Waals surface area contributed by atoms with Gasteiger partial charge in [-0.25, -0.2) is 4.79 Å². The number of hydrogen-bond acceptors (Lipinski definition) is 7. The van der Waals surface area contributed by atoms with E-state index < -0.39 is 35.2 Å². The van der Waals surface area contributed by atoms with Crippen LogP contribution in [0.15, 0.2) is 0 Å². The van der Waals surface area contributed by atoms with Crippen molar-refractivity contribution in [1.82, 2.24) is 0 Å². The molecule has 0 aromatic rings. The van der Waals surface area contributed by atoms with Crippen molar-refractivity contribution in [2.45, 2.75) is 31.8 Å². The fourth-order valence-corrected chi connectivity index (χ4v) is 2.23. The van der Waals surface area contributed by atoms with Crippen LogP contribution in [-0.2, 0) is 23.8 Å². The van der Waals surface area contributed by atoms with Gasteiger partial charge in [-0.1, -0.05) is 0 Å². The molecule has 0 amide bonds. The fourth-order valence-electron chi connectivity index (χ4n) is 2.23. The summed E-state index contributed by atoms with van der Waals surface area (Å²) in [5.74, 6) is -2.13. The molecular weight excluding hydrogens is 246 g/mol. The molecular formula is C10H13NO7. The summed E-state index contributed by atoms with van der Waals surface area (Å²) in [6, 6.07) is -1.58. The molecule has 0 radical (unpaired) electrons. The number of nitro groups is 1. The first-order valence-electron chi connectivity index (χ1n) is 5.64. The largest absolute Gasteiger partial charge is 0.461 e. The molecule has 2 bridgehead atoms. The lowest BCUT2D eigenvalue weighted by Crippen LogP contribution is -2.48. The zero-order valence-corrected chi connectivity index (χ0v) is 9.74. The maximum atomic E-state index is 11.6. The van der Waals surface area contributed by atoms with Gasteiger partial charge in [-0.3, -0.25) is 14.9 Å². The van der Waals surface area contributed by atoms with Crippen molar-refractivity contribution in [2.75, 3.05) is 13.2 Å². The van der Waals surface area contributed by atoms with Crippen molar-refractivity contribution in [3.8, 4) is 0 Å². The third-order valence-corrected chi connectivity index (χ3v) is 3.05. The van der Waals surface area contributed by atoms with Crippen LogP contribution in [-0.4, -0.2) is 48.3 Å². The minimum atomic E-state index is -1.58. The first-order chi connectivity index (χ1) is 8.54. The van der Waals surface area contributed by atoms with Crippen LogP contribution < -0.4 is 0 Å². The highest BCUT2D eigenvalue weighted by Crippen LogP contribution is 2.32. The van der Waals surface area contributed by atoms with Gasteiger partial charge in [-0.05, 0) is 6.92 Å². The summed E-state index contributed by atoms with van der Waals surface area (Å²) >= 11 is 0. The SMILES string of the molecule is CCOC(=O)C([C@H]1CC(=O)[C@@H]2OC[C@H]1O2)[N+](=O)[O-]. The smallest absolute Gasteiger partial charge is 0.382 e. The highest BCUT2D eigenvalue weighted by atomic mass is 16.7. The molecule has 1 unspecified atom stereocenters. The second-order valence-corrected chi connectivity index (χ2v) is 4.16. The monoisotopic (exact) mass is 259 g/mol. The number of rotatable bonds is 4. The highest BCUT2D eigenvalue weighted by Gasteiger charge is 2.53. The first kappa shape index (κ1) is 12.9. The van der Waals surface area contributed by atoms with E-state index >= 15 is 0 Å². The van der Waals surface area contributed by atoms with Gasteiger partial charge in [0.05, 0.1) is 25.2 Å². The molecule has 4 atom stereocenters. The zero-order valence-electron chi connectivity index (χ0n) is 9.74. The van der Waals surface area contributed by atoms with Crippen molar-refractivity contribution < 1.29 is 28.7 Å². The second-order valence-electron chi connectivity index (χ2n) is 4.16. The van der Waals surface area contributed by atoms with Crippen LogP contribution in [0, 0.1) is 16.0 Å². The van der Waals surface area contributed by atoms with E-state index in [9.17, 15) is 19.7 Å². The van der Waals surface area contributed by atoms with Crippen LogP contribution in [0.1, 0.15) is 13.3 Å². The summed E-state index contributed by atoms with van der Waals surface area (Å²) in [6.07, 6.45) is -1.63. The van der Waals surface area contributed by atoms with Gasteiger partial charge in [0.15, 0.2) is 5.78 Å². The van der Waals surface area contributed by atoms with Crippen molar-refractivity contribution >= 4 is 11.8 Å². The molecule has 8 heteroatoms. The van der Waals surface area contributed by atoms with Crippen LogP contribution in [0.4, 0.5) is 0 Å².